The maximum Gasteiger partial charge on any atom is 0.389 e. The summed E-state index contributed by atoms with van der Waals surface area (Å²) in [5.74, 6) is 0.00804. The number of hydrogen-bond acceptors (Lipinski definition) is 3. The number of methoxy groups -OCH3 is 1. The van der Waals surface area contributed by atoms with E-state index in [-0.39, 0.29) is 17.9 Å². The third-order valence-electron chi connectivity index (χ3n) is 2.53. The van der Waals surface area contributed by atoms with E-state index < -0.39 is 18.6 Å². The lowest BCUT2D eigenvalue weighted by atomic mass is 10.0. The Morgan fingerprint density at radius 1 is 1.37 bits per heavy atom. The summed E-state index contributed by atoms with van der Waals surface area (Å²) in [5, 5.41) is 9.72. The average Bonchev–Trinajstić information content (AvgIpc) is 2.33. The third-order valence-corrected chi connectivity index (χ3v) is 4.69. The molecule has 0 heterocycles. The molecule has 0 spiro atoms. The van der Waals surface area contributed by atoms with Crippen LogP contribution in [0.15, 0.2) is 15.0 Å². The van der Waals surface area contributed by atoms with Gasteiger partial charge in [-0.3, -0.25) is 0 Å². The lowest BCUT2D eigenvalue weighted by molar-refractivity contribution is -0.136. The number of benzene rings is 1. The smallest absolute Gasteiger partial charge is 0.389 e. The zero-order valence-electron chi connectivity index (χ0n) is 9.89. The molecule has 1 aromatic carbocycles. The zero-order valence-corrected chi connectivity index (χ0v) is 13.1. The summed E-state index contributed by atoms with van der Waals surface area (Å²) in [6.07, 6.45) is -5.47. The fourth-order valence-corrected chi connectivity index (χ4v) is 2.53. The number of halogens is 5. The molecule has 0 aliphatic heterocycles. The second kappa shape index (κ2) is 6.32. The number of alkyl halides is 3. The van der Waals surface area contributed by atoms with Crippen molar-refractivity contribution in [3.8, 4) is 11.5 Å². The minimum Gasteiger partial charge on any atom is -0.503 e. The van der Waals surface area contributed by atoms with E-state index in [0.29, 0.717) is 14.5 Å². The van der Waals surface area contributed by atoms with Crippen LogP contribution in [0.4, 0.5) is 13.2 Å². The molecule has 19 heavy (non-hydrogen) atoms. The molecule has 0 saturated carbocycles. The Hall–Kier alpha value is -0.470. The number of ether oxygens (including phenoxy) is 1. The van der Waals surface area contributed by atoms with E-state index in [9.17, 15) is 18.3 Å². The highest BCUT2D eigenvalue weighted by atomic mass is 79.9. The summed E-state index contributed by atoms with van der Waals surface area (Å²) >= 11 is 6.32. The van der Waals surface area contributed by atoms with E-state index in [4.69, 9.17) is 10.5 Å². The van der Waals surface area contributed by atoms with Crippen LogP contribution >= 0.6 is 31.9 Å². The first-order valence-corrected chi connectivity index (χ1v) is 6.83. The third kappa shape index (κ3) is 4.25. The van der Waals surface area contributed by atoms with Crippen LogP contribution in [0.3, 0.4) is 0 Å². The molecular weight excluding hydrogens is 395 g/mol. The van der Waals surface area contributed by atoms with Gasteiger partial charge in [-0.05, 0) is 49.9 Å². The Bertz CT molecular complexity index is 466. The standard InChI is InChI=1S/C11H12Br2F3NO2/c1-19-7-4-5(8(12)9(13)10(7)18)6(17)2-3-11(14,15)16/h4,6,18H,2-3,17H2,1H3/t6-/m1/s1. The molecule has 1 aromatic rings. The van der Waals surface area contributed by atoms with Gasteiger partial charge in [-0.25, -0.2) is 0 Å². The van der Waals surface area contributed by atoms with Crippen molar-refractivity contribution in [2.24, 2.45) is 5.73 Å². The number of aromatic hydroxyl groups is 1. The van der Waals surface area contributed by atoms with Crippen molar-refractivity contribution >= 4 is 31.9 Å². The van der Waals surface area contributed by atoms with Crippen LogP contribution in [0.25, 0.3) is 0 Å². The zero-order chi connectivity index (χ0) is 14.8. The normalized spacial score (nSPS) is 13.4. The maximum absolute atomic E-state index is 12.2. The van der Waals surface area contributed by atoms with Crippen molar-refractivity contribution < 1.29 is 23.0 Å². The van der Waals surface area contributed by atoms with Gasteiger partial charge >= 0.3 is 6.18 Å². The Kier molecular flexibility index (Phi) is 5.52. The van der Waals surface area contributed by atoms with Crippen LogP contribution < -0.4 is 10.5 Å². The number of nitrogens with two attached hydrogens (primary N) is 1. The second-order valence-corrected chi connectivity index (χ2v) is 5.49. The SMILES string of the molecule is COc1cc([C@H](N)CCC(F)(F)F)c(Br)c(Br)c1O. The highest BCUT2D eigenvalue weighted by Crippen LogP contribution is 2.44. The van der Waals surface area contributed by atoms with Gasteiger partial charge in [-0.2, -0.15) is 13.2 Å². The molecule has 0 aliphatic rings. The highest BCUT2D eigenvalue weighted by Gasteiger charge is 2.29. The van der Waals surface area contributed by atoms with E-state index in [2.05, 4.69) is 31.9 Å². The molecule has 3 N–H and O–H groups in total. The fraction of sp³-hybridized carbons (Fsp3) is 0.455. The van der Waals surface area contributed by atoms with Crippen LogP contribution in [0.5, 0.6) is 11.5 Å². The minimum atomic E-state index is -4.25. The van der Waals surface area contributed by atoms with Gasteiger partial charge in [0, 0.05) is 16.9 Å². The molecule has 1 rings (SSSR count). The van der Waals surface area contributed by atoms with Gasteiger partial charge in [-0.1, -0.05) is 0 Å². The average molecular weight is 407 g/mol. The van der Waals surface area contributed by atoms with E-state index in [1.807, 2.05) is 0 Å². The van der Waals surface area contributed by atoms with Crippen molar-refractivity contribution in [2.45, 2.75) is 25.1 Å². The second-order valence-electron chi connectivity index (χ2n) is 3.90. The van der Waals surface area contributed by atoms with Crippen molar-refractivity contribution in [3.05, 3.63) is 20.6 Å². The van der Waals surface area contributed by atoms with Gasteiger partial charge in [0.1, 0.15) is 0 Å². The first-order chi connectivity index (χ1) is 8.67. The molecule has 3 nitrogen and oxygen atoms in total. The van der Waals surface area contributed by atoms with Crippen molar-refractivity contribution in [2.75, 3.05) is 7.11 Å². The summed E-state index contributed by atoms with van der Waals surface area (Å²) in [6, 6.07) is 0.604. The monoisotopic (exact) mass is 405 g/mol. The topological polar surface area (TPSA) is 55.5 Å². The lowest BCUT2D eigenvalue weighted by Gasteiger charge is -2.18. The Balaban J connectivity index is 3.03. The van der Waals surface area contributed by atoms with Crippen molar-refractivity contribution in [1.82, 2.24) is 0 Å². The summed E-state index contributed by atoms with van der Waals surface area (Å²) < 4.78 is 42.2. The van der Waals surface area contributed by atoms with E-state index in [1.165, 1.54) is 13.2 Å². The number of phenols is 1. The van der Waals surface area contributed by atoms with E-state index in [0.717, 1.165) is 0 Å². The van der Waals surface area contributed by atoms with Gasteiger partial charge in [0.25, 0.3) is 0 Å². The fourth-order valence-electron chi connectivity index (χ4n) is 1.51. The Morgan fingerprint density at radius 2 is 1.95 bits per heavy atom. The molecule has 0 bridgehead atoms. The summed E-state index contributed by atoms with van der Waals surface area (Å²) in [7, 11) is 1.35. The molecule has 1 atom stereocenters. The number of phenolic OH excluding ortho intramolecular Hbond substituents is 1. The molecule has 0 amide bonds. The Labute approximate surface area is 125 Å². The minimum absolute atomic E-state index is 0.138. The van der Waals surface area contributed by atoms with Crippen LogP contribution in [-0.4, -0.2) is 18.4 Å². The largest absolute Gasteiger partial charge is 0.503 e. The summed E-state index contributed by atoms with van der Waals surface area (Å²) in [4.78, 5) is 0. The molecule has 0 fully saturated rings. The molecule has 108 valence electrons. The maximum atomic E-state index is 12.2. The van der Waals surface area contributed by atoms with Gasteiger partial charge in [0.15, 0.2) is 11.5 Å². The molecule has 0 aromatic heterocycles. The van der Waals surface area contributed by atoms with Gasteiger partial charge in [0.05, 0.1) is 11.6 Å². The van der Waals surface area contributed by atoms with Crippen LogP contribution in [0, 0.1) is 0 Å². The van der Waals surface area contributed by atoms with Crippen LogP contribution in [0.1, 0.15) is 24.4 Å². The highest BCUT2D eigenvalue weighted by molar-refractivity contribution is 9.13. The number of hydrogen-bond donors (Lipinski definition) is 2. The van der Waals surface area contributed by atoms with Crippen molar-refractivity contribution in [3.63, 3.8) is 0 Å². The summed E-state index contributed by atoms with van der Waals surface area (Å²) in [6.45, 7) is 0. The molecule has 8 heteroatoms. The predicted molar refractivity (Wildman–Crippen MR) is 72.3 cm³/mol. The lowest BCUT2D eigenvalue weighted by Crippen LogP contribution is -2.16. The molecule has 0 radical (unpaired) electrons. The van der Waals surface area contributed by atoms with Crippen LogP contribution in [0.2, 0.25) is 0 Å². The van der Waals surface area contributed by atoms with Crippen molar-refractivity contribution in [1.29, 1.82) is 0 Å². The summed E-state index contributed by atoms with van der Waals surface area (Å²) in [5.41, 5.74) is 6.19. The van der Waals surface area contributed by atoms with Crippen LogP contribution in [-0.2, 0) is 0 Å². The quantitative estimate of drug-likeness (QED) is 0.785. The van der Waals surface area contributed by atoms with Gasteiger partial charge < -0.3 is 15.6 Å². The molecular formula is C11H12Br2F3NO2. The van der Waals surface area contributed by atoms with E-state index >= 15 is 0 Å². The molecule has 0 unspecified atom stereocenters. The van der Waals surface area contributed by atoms with E-state index in [1.54, 1.807) is 0 Å². The first kappa shape index (κ1) is 16.6. The molecule has 0 saturated heterocycles. The van der Waals surface area contributed by atoms with Gasteiger partial charge in [0.2, 0.25) is 0 Å². The van der Waals surface area contributed by atoms with Gasteiger partial charge in [-0.15, -0.1) is 0 Å². The Morgan fingerprint density at radius 3 is 2.42 bits per heavy atom. The molecule has 0 aliphatic carbocycles. The number of rotatable bonds is 4. The first-order valence-electron chi connectivity index (χ1n) is 5.24. The predicted octanol–water partition coefficient (Wildman–Crippen LogP) is 4.27.